The van der Waals surface area contributed by atoms with Crippen LogP contribution in [-0.4, -0.2) is 59.9 Å². The summed E-state index contributed by atoms with van der Waals surface area (Å²) in [4.78, 5) is 22.4. The quantitative estimate of drug-likeness (QED) is 0.735. The Morgan fingerprint density at radius 3 is 2.07 bits per heavy atom. The van der Waals surface area contributed by atoms with Crippen molar-refractivity contribution in [1.82, 2.24) is 10.2 Å². The number of hydrogen-bond acceptors (Lipinski definition) is 5. The molecule has 2 fully saturated rings. The summed E-state index contributed by atoms with van der Waals surface area (Å²) < 4.78 is 37.1. The van der Waals surface area contributed by atoms with Gasteiger partial charge in [-0.2, -0.15) is 13.2 Å². The second-order valence-electron chi connectivity index (χ2n) is 7.98. The average Bonchev–Trinajstić information content (AvgIpc) is 2.46. The van der Waals surface area contributed by atoms with E-state index in [4.69, 9.17) is 14.6 Å². The van der Waals surface area contributed by atoms with Crippen molar-refractivity contribution in [1.29, 1.82) is 0 Å². The number of alkyl halides is 3. The van der Waals surface area contributed by atoms with Gasteiger partial charge in [-0.25, -0.2) is 4.79 Å². The van der Waals surface area contributed by atoms with E-state index in [-0.39, 0.29) is 11.6 Å². The Kier molecular flexibility index (Phi) is 6.95. The summed E-state index contributed by atoms with van der Waals surface area (Å²) in [5.41, 5.74) is 5.34. The second-order valence-corrected chi connectivity index (χ2v) is 7.98. The molecular weight excluding hydrogens is 389 g/mol. The van der Waals surface area contributed by atoms with Gasteiger partial charge in [-0.1, -0.05) is 12.1 Å². The number of esters is 1. The van der Waals surface area contributed by atoms with Crippen LogP contribution in [-0.2, 0) is 20.9 Å². The molecule has 2 aliphatic rings. The molecule has 0 aliphatic carbocycles. The molecule has 0 atom stereocenters. The number of nitrogens with one attached hydrogen (secondary N) is 1. The van der Waals surface area contributed by atoms with Gasteiger partial charge in [0.2, 0.25) is 0 Å². The topological polar surface area (TPSA) is 78.9 Å². The van der Waals surface area contributed by atoms with Gasteiger partial charge in [-0.3, -0.25) is 9.69 Å². The Balaban J connectivity index is 0.000000370. The Hall–Kier alpha value is -2.13. The van der Waals surface area contributed by atoms with Gasteiger partial charge in [0.1, 0.15) is 5.60 Å². The highest BCUT2D eigenvalue weighted by Gasteiger charge is 2.41. The molecule has 0 unspecified atom stereocenters. The molecule has 1 aromatic rings. The SMILES string of the molecule is CC(=O)OC1(C)CN(Cc2c(C)cc(C3CNC3)cc2C)C1.O=C(O)C(F)(F)F. The lowest BCUT2D eigenvalue weighted by molar-refractivity contribution is -0.192. The van der Waals surface area contributed by atoms with E-state index in [9.17, 15) is 18.0 Å². The van der Waals surface area contributed by atoms with E-state index in [1.165, 1.54) is 29.2 Å². The van der Waals surface area contributed by atoms with Crippen molar-refractivity contribution in [2.24, 2.45) is 0 Å². The largest absolute Gasteiger partial charge is 0.490 e. The first-order valence-corrected chi connectivity index (χ1v) is 9.33. The first kappa shape index (κ1) is 23.2. The summed E-state index contributed by atoms with van der Waals surface area (Å²) >= 11 is 0. The van der Waals surface area contributed by atoms with Crippen LogP contribution in [0.25, 0.3) is 0 Å². The molecule has 6 nitrogen and oxygen atoms in total. The smallest absolute Gasteiger partial charge is 0.475 e. The maximum atomic E-state index is 11.1. The summed E-state index contributed by atoms with van der Waals surface area (Å²) in [6, 6.07) is 4.69. The van der Waals surface area contributed by atoms with Crippen LogP contribution >= 0.6 is 0 Å². The fraction of sp³-hybridized carbons (Fsp3) is 0.600. The highest BCUT2D eigenvalue weighted by atomic mass is 19.4. The third-order valence-electron chi connectivity index (χ3n) is 5.10. The van der Waals surface area contributed by atoms with Crippen molar-refractivity contribution in [2.75, 3.05) is 26.2 Å². The second kappa shape index (κ2) is 8.71. The fourth-order valence-corrected chi connectivity index (χ4v) is 3.68. The van der Waals surface area contributed by atoms with Crippen molar-refractivity contribution < 1.29 is 32.6 Å². The number of carbonyl (C=O) groups excluding carboxylic acids is 1. The summed E-state index contributed by atoms with van der Waals surface area (Å²) in [6.45, 7) is 12.7. The zero-order valence-corrected chi connectivity index (χ0v) is 17.0. The molecule has 3 rings (SSSR count). The number of nitrogens with zero attached hydrogens (tertiary/aromatic N) is 1. The van der Waals surface area contributed by atoms with Crippen molar-refractivity contribution in [2.45, 2.75) is 51.9 Å². The van der Waals surface area contributed by atoms with Crippen molar-refractivity contribution >= 4 is 11.9 Å². The van der Waals surface area contributed by atoms with Gasteiger partial charge in [-0.15, -0.1) is 0 Å². The standard InChI is InChI=1S/C18H26N2O2.C2HF3O2/c1-12-5-15(16-7-19-8-16)6-13(2)17(12)9-20-10-18(4,11-20)22-14(3)21;3-2(4,5)1(6)7/h5-6,16,19H,7-11H2,1-4H3;(H,6,7). The Bertz CT molecular complexity index is 746. The van der Waals surface area contributed by atoms with Gasteiger partial charge in [0.05, 0.1) is 0 Å². The van der Waals surface area contributed by atoms with Gasteiger partial charge in [-0.05, 0) is 43.0 Å². The lowest BCUT2D eigenvalue weighted by Crippen LogP contribution is -2.61. The van der Waals surface area contributed by atoms with Gasteiger partial charge in [0.25, 0.3) is 0 Å². The lowest BCUT2D eigenvalue weighted by atomic mass is 9.88. The first-order valence-electron chi connectivity index (χ1n) is 9.33. The van der Waals surface area contributed by atoms with Crippen molar-refractivity contribution in [3.05, 3.63) is 34.4 Å². The van der Waals surface area contributed by atoms with Crippen LogP contribution in [0, 0.1) is 13.8 Å². The minimum Gasteiger partial charge on any atom is -0.475 e. The van der Waals surface area contributed by atoms with Crippen LogP contribution in [0.1, 0.15) is 42.0 Å². The summed E-state index contributed by atoms with van der Waals surface area (Å²) in [6.07, 6.45) is -5.08. The molecule has 0 radical (unpaired) electrons. The lowest BCUT2D eigenvalue weighted by Gasteiger charge is -2.47. The van der Waals surface area contributed by atoms with Crippen LogP contribution in [0.5, 0.6) is 0 Å². The Morgan fingerprint density at radius 2 is 1.72 bits per heavy atom. The van der Waals surface area contributed by atoms with Crippen LogP contribution in [0.15, 0.2) is 12.1 Å². The number of ether oxygens (including phenoxy) is 1. The van der Waals surface area contributed by atoms with E-state index in [1.807, 2.05) is 6.92 Å². The van der Waals surface area contributed by atoms with Crippen molar-refractivity contribution in [3.63, 3.8) is 0 Å². The third-order valence-corrected chi connectivity index (χ3v) is 5.10. The molecule has 0 amide bonds. The monoisotopic (exact) mass is 416 g/mol. The molecule has 2 heterocycles. The number of hydrogen-bond donors (Lipinski definition) is 2. The molecule has 162 valence electrons. The van der Waals surface area contributed by atoms with E-state index in [0.29, 0.717) is 5.92 Å². The van der Waals surface area contributed by atoms with Crippen LogP contribution < -0.4 is 5.32 Å². The van der Waals surface area contributed by atoms with Gasteiger partial charge in [0, 0.05) is 45.6 Å². The van der Waals surface area contributed by atoms with E-state index in [2.05, 4.69) is 36.2 Å². The van der Waals surface area contributed by atoms with E-state index < -0.39 is 12.1 Å². The minimum atomic E-state index is -5.08. The molecule has 0 bridgehead atoms. The van der Waals surface area contributed by atoms with Gasteiger partial charge in [0.15, 0.2) is 0 Å². The normalized spacial score (nSPS) is 18.7. The number of aliphatic carboxylic acids is 1. The zero-order valence-electron chi connectivity index (χ0n) is 17.0. The predicted molar refractivity (Wildman–Crippen MR) is 101 cm³/mol. The molecule has 0 saturated carbocycles. The molecule has 2 saturated heterocycles. The van der Waals surface area contributed by atoms with Crippen LogP contribution in [0.2, 0.25) is 0 Å². The summed E-state index contributed by atoms with van der Waals surface area (Å²) in [5.74, 6) is -2.26. The summed E-state index contributed by atoms with van der Waals surface area (Å²) in [7, 11) is 0. The maximum absolute atomic E-state index is 11.1. The number of halogens is 3. The Labute approximate surface area is 168 Å². The number of carboxylic acid groups (broad SMARTS) is 1. The molecular formula is C20H27F3N2O4. The van der Waals surface area contributed by atoms with Crippen molar-refractivity contribution in [3.8, 4) is 0 Å². The van der Waals surface area contributed by atoms with Gasteiger partial charge >= 0.3 is 18.1 Å². The maximum Gasteiger partial charge on any atom is 0.490 e. The van der Waals surface area contributed by atoms with E-state index >= 15 is 0 Å². The number of benzene rings is 1. The molecule has 0 spiro atoms. The molecule has 1 aromatic carbocycles. The number of likely N-dealkylation sites (tertiary alicyclic amines) is 1. The van der Waals surface area contributed by atoms with Crippen LogP contribution in [0.4, 0.5) is 13.2 Å². The highest BCUT2D eigenvalue weighted by Crippen LogP contribution is 2.30. The number of carboxylic acids is 1. The number of rotatable bonds is 4. The summed E-state index contributed by atoms with van der Waals surface area (Å²) in [5, 5.41) is 10.5. The predicted octanol–water partition coefficient (Wildman–Crippen LogP) is 2.76. The fourth-order valence-electron chi connectivity index (χ4n) is 3.68. The average molecular weight is 416 g/mol. The molecule has 9 heteroatoms. The van der Waals surface area contributed by atoms with E-state index in [0.717, 1.165) is 32.7 Å². The van der Waals surface area contributed by atoms with E-state index in [1.54, 1.807) is 0 Å². The third kappa shape index (κ3) is 6.17. The molecule has 29 heavy (non-hydrogen) atoms. The van der Waals surface area contributed by atoms with Crippen LogP contribution in [0.3, 0.4) is 0 Å². The number of aryl methyl sites for hydroxylation is 2. The zero-order chi connectivity index (χ0) is 22.0. The minimum absolute atomic E-state index is 0.187. The Morgan fingerprint density at radius 1 is 1.24 bits per heavy atom. The molecule has 0 aromatic heterocycles. The first-order chi connectivity index (χ1) is 13.3. The molecule has 2 aliphatic heterocycles. The molecule has 2 N–H and O–H groups in total. The van der Waals surface area contributed by atoms with Gasteiger partial charge < -0.3 is 15.2 Å². The highest BCUT2D eigenvalue weighted by molar-refractivity contribution is 5.73. The number of carbonyl (C=O) groups is 2.